The van der Waals surface area contributed by atoms with Crippen LogP contribution in [-0.4, -0.2) is 15.6 Å². The molecule has 0 aliphatic heterocycles. The van der Waals surface area contributed by atoms with Crippen molar-refractivity contribution in [1.29, 1.82) is 0 Å². The Hall–Kier alpha value is -3.47. The Morgan fingerprint density at radius 3 is 2.52 bits per heavy atom. The number of furan rings is 1. The number of para-hydroxylation sites is 1. The summed E-state index contributed by atoms with van der Waals surface area (Å²) in [7, 11) is 0. The minimum Gasteiger partial charge on any atom is -0.481 e. The number of anilines is 1. The monoisotopic (exact) mass is 360 g/mol. The predicted octanol–water partition coefficient (Wildman–Crippen LogP) is 4.52. The molecule has 0 aliphatic carbocycles. The van der Waals surface area contributed by atoms with Crippen LogP contribution in [0.1, 0.15) is 16.9 Å². The van der Waals surface area contributed by atoms with Crippen molar-refractivity contribution in [2.75, 3.05) is 5.32 Å². The van der Waals surface area contributed by atoms with E-state index in [2.05, 4.69) is 22.0 Å². The second-order valence-corrected chi connectivity index (χ2v) is 6.42. The minimum absolute atomic E-state index is 0.0389. The van der Waals surface area contributed by atoms with Crippen molar-refractivity contribution in [3.63, 3.8) is 0 Å². The fraction of sp³-hybridized carbons (Fsp3) is 0.136. The van der Waals surface area contributed by atoms with Gasteiger partial charge in [-0.3, -0.25) is 4.79 Å². The number of hydrogen-bond acceptors (Lipinski definition) is 3. The average molecular weight is 360 g/mol. The summed E-state index contributed by atoms with van der Waals surface area (Å²) in [6.07, 6.45) is 1.59. The fourth-order valence-electron chi connectivity index (χ4n) is 3.42. The van der Waals surface area contributed by atoms with Gasteiger partial charge in [0, 0.05) is 17.5 Å². The van der Waals surface area contributed by atoms with Crippen molar-refractivity contribution < 1.29 is 14.3 Å². The lowest BCUT2D eigenvalue weighted by Gasteiger charge is -2.14. The zero-order valence-electron chi connectivity index (χ0n) is 14.8. The molecule has 2 aromatic carbocycles. The summed E-state index contributed by atoms with van der Waals surface area (Å²) < 4.78 is 7.57. The third-order valence-electron chi connectivity index (χ3n) is 4.60. The largest absolute Gasteiger partial charge is 0.481 e. The van der Waals surface area contributed by atoms with Crippen molar-refractivity contribution in [2.45, 2.75) is 19.5 Å². The van der Waals surface area contributed by atoms with Gasteiger partial charge in [-0.05, 0) is 23.8 Å². The van der Waals surface area contributed by atoms with E-state index in [0.29, 0.717) is 13.1 Å². The smallest absolute Gasteiger partial charge is 0.307 e. The topological polar surface area (TPSA) is 67.4 Å². The van der Waals surface area contributed by atoms with Crippen LogP contribution in [0.2, 0.25) is 0 Å². The molecule has 5 nitrogen and oxygen atoms in total. The second kappa shape index (κ2) is 7.41. The normalized spacial score (nSPS) is 11.0. The Labute approximate surface area is 156 Å². The van der Waals surface area contributed by atoms with E-state index in [-0.39, 0.29) is 6.42 Å². The molecule has 0 amide bonds. The maximum absolute atomic E-state index is 11.5. The summed E-state index contributed by atoms with van der Waals surface area (Å²) >= 11 is 0. The fourth-order valence-corrected chi connectivity index (χ4v) is 3.42. The van der Waals surface area contributed by atoms with E-state index in [9.17, 15) is 9.90 Å². The number of benzene rings is 2. The lowest BCUT2D eigenvalue weighted by molar-refractivity contribution is -0.136. The first-order chi connectivity index (χ1) is 13.2. The molecule has 5 heteroatoms. The van der Waals surface area contributed by atoms with Gasteiger partial charge in [0.2, 0.25) is 0 Å². The molecule has 27 heavy (non-hydrogen) atoms. The van der Waals surface area contributed by atoms with E-state index in [1.165, 1.54) is 0 Å². The quantitative estimate of drug-likeness (QED) is 0.508. The van der Waals surface area contributed by atoms with Gasteiger partial charge in [0.15, 0.2) is 0 Å². The number of fused-ring (bicyclic) bond motifs is 1. The van der Waals surface area contributed by atoms with Crippen LogP contribution in [0.25, 0.3) is 10.9 Å². The molecule has 0 atom stereocenters. The van der Waals surface area contributed by atoms with Gasteiger partial charge >= 0.3 is 5.97 Å². The molecule has 4 rings (SSSR count). The highest BCUT2D eigenvalue weighted by Crippen LogP contribution is 2.32. The van der Waals surface area contributed by atoms with Gasteiger partial charge in [-0.25, -0.2) is 0 Å². The van der Waals surface area contributed by atoms with E-state index < -0.39 is 5.97 Å². The molecule has 0 saturated heterocycles. The molecular formula is C22H20N2O3. The van der Waals surface area contributed by atoms with E-state index in [1.54, 1.807) is 6.26 Å². The number of nitrogens with one attached hydrogen (secondary N) is 1. The number of carboxylic acid groups (broad SMARTS) is 1. The number of carbonyl (C=O) groups is 1. The maximum Gasteiger partial charge on any atom is 0.307 e. The van der Waals surface area contributed by atoms with E-state index in [0.717, 1.165) is 33.6 Å². The zero-order chi connectivity index (χ0) is 18.6. The molecule has 0 bridgehead atoms. The number of hydrogen-bond donors (Lipinski definition) is 2. The van der Waals surface area contributed by atoms with Crippen LogP contribution in [0.4, 0.5) is 5.82 Å². The van der Waals surface area contributed by atoms with Gasteiger partial charge in [-0.15, -0.1) is 0 Å². The molecule has 0 spiro atoms. The summed E-state index contributed by atoms with van der Waals surface area (Å²) in [5, 5.41) is 13.8. The maximum atomic E-state index is 11.5. The van der Waals surface area contributed by atoms with Crippen LogP contribution >= 0.6 is 0 Å². The van der Waals surface area contributed by atoms with E-state index in [4.69, 9.17) is 4.42 Å². The van der Waals surface area contributed by atoms with Crippen molar-refractivity contribution in [2.24, 2.45) is 0 Å². The standard InChI is InChI=1S/C22H20N2O3/c25-21(26)13-19-18-10-4-5-11-20(18)24(15-16-7-2-1-3-8-16)22(19)23-14-17-9-6-12-27-17/h1-12,23H,13-15H2,(H,25,26). The lowest BCUT2D eigenvalue weighted by atomic mass is 10.1. The molecule has 0 saturated carbocycles. The van der Waals surface area contributed by atoms with E-state index in [1.807, 2.05) is 54.6 Å². The van der Waals surface area contributed by atoms with Gasteiger partial charge in [-0.1, -0.05) is 48.5 Å². The van der Waals surface area contributed by atoms with Crippen molar-refractivity contribution in [3.05, 3.63) is 89.9 Å². The molecule has 0 fully saturated rings. The minimum atomic E-state index is -0.848. The number of carboxylic acids is 1. The third kappa shape index (κ3) is 3.58. The molecule has 2 aromatic heterocycles. The Morgan fingerprint density at radius 1 is 1.00 bits per heavy atom. The number of rotatable bonds is 7. The van der Waals surface area contributed by atoms with Crippen LogP contribution in [0.15, 0.2) is 77.4 Å². The Bertz CT molecular complexity index is 1050. The first kappa shape index (κ1) is 17.0. The molecule has 2 N–H and O–H groups in total. The van der Waals surface area contributed by atoms with Gasteiger partial charge in [0.1, 0.15) is 11.6 Å². The first-order valence-electron chi connectivity index (χ1n) is 8.84. The highest BCUT2D eigenvalue weighted by Gasteiger charge is 2.19. The number of aromatic nitrogens is 1. The van der Waals surface area contributed by atoms with Crippen LogP contribution in [0.5, 0.6) is 0 Å². The van der Waals surface area contributed by atoms with Crippen LogP contribution < -0.4 is 5.32 Å². The van der Waals surface area contributed by atoms with Crippen LogP contribution in [0, 0.1) is 0 Å². The van der Waals surface area contributed by atoms with Gasteiger partial charge < -0.3 is 19.4 Å². The summed E-state index contributed by atoms with van der Waals surface area (Å²) in [6, 6.07) is 21.8. The summed E-state index contributed by atoms with van der Waals surface area (Å²) in [5.74, 6) is 0.769. The molecule has 136 valence electrons. The summed E-state index contributed by atoms with van der Waals surface area (Å²) in [5.41, 5.74) is 2.96. The van der Waals surface area contributed by atoms with Gasteiger partial charge in [-0.2, -0.15) is 0 Å². The average Bonchev–Trinajstić information content (AvgIpc) is 3.29. The highest BCUT2D eigenvalue weighted by molar-refractivity contribution is 5.93. The van der Waals surface area contributed by atoms with Crippen molar-refractivity contribution in [3.8, 4) is 0 Å². The Kier molecular flexibility index (Phi) is 4.66. The highest BCUT2D eigenvalue weighted by atomic mass is 16.4. The molecule has 2 heterocycles. The molecule has 0 unspecified atom stereocenters. The molecular weight excluding hydrogens is 340 g/mol. The van der Waals surface area contributed by atoms with Crippen LogP contribution in [0.3, 0.4) is 0 Å². The summed E-state index contributed by atoms with van der Waals surface area (Å²) in [6.45, 7) is 1.15. The van der Waals surface area contributed by atoms with Crippen molar-refractivity contribution in [1.82, 2.24) is 4.57 Å². The predicted molar refractivity (Wildman–Crippen MR) is 105 cm³/mol. The SMILES string of the molecule is O=C(O)Cc1c(NCc2ccco2)n(Cc2ccccc2)c2ccccc12. The second-order valence-electron chi connectivity index (χ2n) is 6.42. The van der Waals surface area contributed by atoms with Gasteiger partial charge in [0.25, 0.3) is 0 Å². The van der Waals surface area contributed by atoms with Crippen molar-refractivity contribution >= 4 is 22.7 Å². The van der Waals surface area contributed by atoms with E-state index >= 15 is 0 Å². The Morgan fingerprint density at radius 2 is 1.78 bits per heavy atom. The van der Waals surface area contributed by atoms with Gasteiger partial charge in [0.05, 0.1) is 24.7 Å². The zero-order valence-corrected chi connectivity index (χ0v) is 14.8. The summed E-state index contributed by atoms with van der Waals surface area (Å²) in [4.78, 5) is 11.5. The molecule has 4 aromatic rings. The molecule has 0 aliphatic rings. The third-order valence-corrected chi connectivity index (χ3v) is 4.60. The van der Waals surface area contributed by atoms with Crippen LogP contribution in [-0.2, 0) is 24.3 Å². The number of aliphatic carboxylic acids is 1. The Balaban J connectivity index is 1.81. The lowest BCUT2D eigenvalue weighted by Crippen LogP contribution is -2.10. The molecule has 0 radical (unpaired) electrons. The first-order valence-corrected chi connectivity index (χ1v) is 8.84. The number of nitrogens with zero attached hydrogens (tertiary/aromatic N) is 1.